The van der Waals surface area contributed by atoms with Crippen molar-refractivity contribution in [1.82, 2.24) is 0 Å². The second-order valence-electron chi connectivity index (χ2n) is 4.15. The van der Waals surface area contributed by atoms with Crippen LogP contribution in [0.25, 0.3) is 0 Å². The molecule has 0 saturated carbocycles. The molecule has 14 heavy (non-hydrogen) atoms. The Kier molecular flexibility index (Phi) is 6.09. The van der Waals surface area contributed by atoms with Gasteiger partial charge in [-0.1, -0.05) is 18.6 Å². The Hall–Kier alpha value is -0.920. The lowest BCUT2D eigenvalue weighted by Gasteiger charge is -2.07. The highest BCUT2D eigenvalue weighted by atomic mass is 16.2. The first-order chi connectivity index (χ1) is 6.43. The maximum atomic E-state index is 11.1. The van der Waals surface area contributed by atoms with Gasteiger partial charge in [-0.2, -0.15) is 0 Å². The van der Waals surface area contributed by atoms with Crippen LogP contribution in [0, 0.1) is 5.92 Å². The van der Waals surface area contributed by atoms with Gasteiger partial charge in [-0.3, -0.25) is 9.59 Å². The fourth-order valence-corrected chi connectivity index (χ4v) is 1.22. The largest absolute Gasteiger partial charge is 0.291 e. The summed E-state index contributed by atoms with van der Waals surface area (Å²) < 4.78 is 0. The van der Waals surface area contributed by atoms with E-state index in [-0.39, 0.29) is 11.6 Å². The van der Waals surface area contributed by atoms with Gasteiger partial charge in [0.15, 0.2) is 11.6 Å². The fraction of sp³-hybridized carbons (Fsp3) is 0.667. The van der Waals surface area contributed by atoms with Crippen molar-refractivity contribution in [3.8, 4) is 0 Å². The Bertz CT molecular complexity index is 235. The first kappa shape index (κ1) is 13.1. The third-order valence-corrected chi connectivity index (χ3v) is 2.14. The third-order valence-electron chi connectivity index (χ3n) is 2.14. The van der Waals surface area contributed by atoms with Crippen LogP contribution in [0.1, 0.15) is 47.0 Å². The summed E-state index contributed by atoms with van der Waals surface area (Å²) in [6, 6.07) is 0. The molecule has 0 heterocycles. The summed E-state index contributed by atoms with van der Waals surface area (Å²) in [6.07, 6.45) is 4.53. The van der Waals surface area contributed by atoms with Gasteiger partial charge in [0.1, 0.15) is 0 Å². The van der Waals surface area contributed by atoms with Gasteiger partial charge in [0, 0.05) is 13.3 Å². The van der Waals surface area contributed by atoms with Crippen molar-refractivity contribution in [3.63, 3.8) is 0 Å². The zero-order valence-corrected chi connectivity index (χ0v) is 9.59. The highest BCUT2D eigenvalue weighted by Crippen LogP contribution is 2.12. The van der Waals surface area contributed by atoms with Crippen molar-refractivity contribution in [2.24, 2.45) is 5.92 Å². The number of carbonyl (C=O) groups excluding carboxylic acids is 2. The zero-order valence-electron chi connectivity index (χ0n) is 9.59. The number of Topliss-reactive ketones (excluding diaryl/α,β-unsaturated/α-hetero) is 2. The first-order valence-electron chi connectivity index (χ1n) is 5.10. The molecule has 0 aliphatic carbocycles. The van der Waals surface area contributed by atoms with Gasteiger partial charge in [0.25, 0.3) is 0 Å². The predicted octanol–water partition coefficient (Wildman–Crippen LogP) is 2.92. The van der Waals surface area contributed by atoms with Crippen molar-refractivity contribution in [1.29, 1.82) is 0 Å². The molecular weight excluding hydrogens is 176 g/mol. The Morgan fingerprint density at radius 3 is 2.21 bits per heavy atom. The Morgan fingerprint density at radius 2 is 1.79 bits per heavy atom. The molecule has 80 valence electrons. The van der Waals surface area contributed by atoms with E-state index in [1.54, 1.807) is 0 Å². The third kappa shape index (κ3) is 6.58. The molecule has 0 radical (unpaired) electrons. The van der Waals surface area contributed by atoms with Crippen LogP contribution in [0.5, 0.6) is 0 Å². The molecule has 0 saturated heterocycles. The molecule has 0 aromatic heterocycles. The van der Waals surface area contributed by atoms with E-state index in [2.05, 4.69) is 19.9 Å². The van der Waals surface area contributed by atoms with Crippen molar-refractivity contribution < 1.29 is 9.59 Å². The van der Waals surface area contributed by atoms with Crippen molar-refractivity contribution >= 4 is 11.6 Å². The summed E-state index contributed by atoms with van der Waals surface area (Å²) in [7, 11) is 0. The van der Waals surface area contributed by atoms with Gasteiger partial charge in [-0.25, -0.2) is 0 Å². The van der Waals surface area contributed by atoms with Crippen LogP contribution < -0.4 is 0 Å². The van der Waals surface area contributed by atoms with E-state index >= 15 is 0 Å². The van der Waals surface area contributed by atoms with Gasteiger partial charge in [0.2, 0.25) is 0 Å². The van der Waals surface area contributed by atoms with Crippen LogP contribution in [0.2, 0.25) is 0 Å². The van der Waals surface area contributed by atoms with Gasteiger partial charge >= 0.3 is 0 Å². The van der Waals surface area contributed by atoms with E-state index in [0.717, 1.165) is 12.8 Å². The maximum absolute atomic E-state index is 11.1. The minimum absolute atomic E-state index is 0.241. The lowest BCUT2D eigenvalue weighted by molar-refractivity contribution is -0.135. The molecule has 2 nitrogen and oxygen atoms in total. The number of carbonyl (C=O) groups is 2. The quantitative estimate of drug-likeness (QED) is 0.483. The minimum atomic E-state index is -0.320. The van der Waals surface area contributed by atoms with Crippen LogP contribution in [0.3, 0.4) is 0 Å². The van der Waals surface area contributed by atoms with Crippen LogP contribution >= 0.6 is 0 Å². The zero-order chi connectivity index (χ0) is 11.1. The van der Waals surface area contributed by atoms with E-state index < -0.39 is 0 Å². The summed E-state index contributed by atoms with van der Waals surface area (Å²) in [5.74, 6) is -0.254. The summed E-state index contributed by atoms with van der Waals surface area (Å²) in [5.41, 5.74) is 1.30. The Morgan fingerprint density at radius 1 is 1.21 bits per heavy atom. The molecular formula is C12H20O2. The second-order valence-corrected chi connectivity index (χ2v) is 4.15. The van der Waals surface area contributed by atoms with Crippen LogP contribution in [0.15, 0.2) is 11.6 Å². The molecule has 1 unspecified atom stereocenters. The minimum Gasteiger partial charge on any atom is -0.291 e. The number of allylic oxidation sites excluding steroid dienone is 2. The van der Waals surface area contributed by atoms with E-state index in [1.165, 1.54) is 12.5 Å². The molecule has 2 heteroatoms. The lowest BCUT2D eigenvalue weighted by Crippen LogP contribution is -2.13. The molecule has 0 fully saturated rings. The van der Waals surface area contributed by atoms with Gasteiger partial charge < -0.3 is 0 Å². The molecule has 0 bridgehead atoms. The molecule has 0 amide bonds. The average molecular weight is 196 g/mol. The molecule has 0 aliphatic heterocycles. The number of rotatable bonds is 6. The molecule has 0 aromatic carbocycles. The average Bonchev–Trinajstić information content (AvgIpc) is 2.02. The highest BCUT2D eigenvalue weighted by molar-refractivity contribution is 6.36. The van der Waals surface area contributed by atoms with Crippen LogP contribution in [-0.2, 0) is 9.59 Å². The van der Waals surface area contributed by atoms with Crippen LogP contribution in [0.4, 0.5) is 0 Å². The van der Waals surface area contributed by atoms with Crippen molar-refractivity contribution in [2.45, 2.75) is 47.0 Å². The normalized spacial score (nSPS) is 12.0. The smallest absolute Gasteiger partial charge is 0.198 e. The number of ketones is 2. The molecule has 1 atom stereocenters. The highest BCUT2D eigenvalue weighted by Gasteiger charge is 2.12. The van der Waals surface area contributed by atoms with Crippen molar-refractivity contribution in [3.05, 3.63) is 11.6 Å². The molecule has 0 spiro atoms. The van der Waals surface area contributed by atoms with Crippen LogP contribution in [-0.4, -0.2) is 11.6 Å². The molecule has 0 N–H and O–H groups in total. The predicted molar refractivity (Wildman–Crippen MR) is 58.1 cm³/mol. The number of hydrogen-bond donors (Lipinski definition) is 0. The molecule has 0 aliphatic rings. The topological polar surface area (TPSA) is 34.1 Å². The standard InChI is InChI=1S/C12H20O2/c1-9(2)6-5-7-10(3)8-12(14)11(4)13/h6,10H,5,7-8H2,1-4H3. The Labute approximate surface area is 86.4 Å². The molecule has 0 rings (SSSR count). The van der Waals surface area contributed by atoms with E-state index in [1.807, 2.05) is 6.92 Å². The van der Waals surface area contributed by atoms with Gasteiger partial charge in [-0.15, -0.1) is 0 Å². The maximum Gasteiger partial charge on any atom is 0.198 e. The second kappa shape index (κ2) is 6.52. The SMILES string of the molecule is CC(=O)C(=O)CC(C)CCC=C(C)C. The number of hydrogen-bond acceptors (Lipinski definition) is 2. The van der Waals surface area contributed by atoms with E-state index in [4.69, 9.17) is 0 Å². The van der Waals surface area contributed by atoms with Gasteiger partial charge in [0.05, 0.1) is 0 Å². The first-order valence-corrected chi connectivity index (χ1v) is 5.10. The summed E-state index contributed by atoms with van der Waals surface area (Å²) in [4.78, 5) is 21.8. The van der Waals surface area contributed by atoms with Crippen molar-refractivity contribution in [2.75, 3.05) is 0 Å². The lowest BCUT2D eigenvalue weighted by atomic mass is 9.97. The summed E-state index contributed by atoms with van der Waals surface area (Å²) >= 11 is 0. The van der Waals surface area contributed by atoms with E-state index in [0.29, 0.717) is 12.3 Å². The van der Waals surface area contributed by atoms with E-state index in [9.17, 15) is 9.59 Å². The Balaban J connectivity index is 3.76. The summed E-state index contributed by atoms with van der Waals surface area (Å²) in [6.45, 7) is 7.47. The van der Waals surface area contributed by atoms with Gasteiger partial charge in [-0.05, 0) is 32.6 Å². The summed E-state index contributed by atoms with van der Waals surface area (Å²) in [5, 5.41) is 0. The monoisotopic (exact) mass is 196 g/mol. The fourth-order valence-electron chi connectivity index (χ4n) is 1.22. The molecule has 0 aromatic rings.